The Labute approximate surface area is 83.9 Å². The number of halogens is 2. The molecular weight excluding hydrogens is 239 g/mol. The monoisotopic (exact) mass is 244 g/mol. The molecule has 0 bridgehead atoms. The van der Waals surface area contributed by atoms with Crippen molar-refractivity contribution >= 4 is 33.3 Å². The van der Waals surface area contributed by atoms with E-state index in [1.165, 1.54) is 0 Å². The van der Waals surface area contributed by atoms with Crippen LogP contribution in [0.4, 0.5) is 0 Å². The second kappa shape index (κ2) is 2.86. The van der Waals surface area contributed by atoms with Crippen molar-refractivity contribution in [1.29, 1.82) is 0 Å². The van der Waals surface area contributed by atoms with Crippen molar-refractivity contribution in [2.45, 2.75) is 12.8 Å². The van der Waals surface area contributed by atoms with E-state index >= 15 is 0 Å². The average Bonchev–Trinajstić information content (AvgIpc) is 2.29. The fourth-order valence-corrected chi connectivity index (χ4v) is 2.43. The van der Waals surface area contributed by atoms with Crippen molar-refractivity contribution < 1.29 is 4.79 Å². The summed E-state index contributed by atoms with van der Waals surface area (Å²) in [4.78, 5) is 11.1. The molecule has 0 aromatic heterocycles. The average molecular weight is 246 g/mol. The molecule has 0 saturated heterocycles. The number of Topliss-reactive ketones (excluding diaryl/α,β-unsaturated/α-hetero) is 1. The largest absolute Gasteiger partial charge is 0.299 e. The zero-order valence-corrected chi connectivity index (χ0v) is 8.58. The van der Waals surface area contributed by atoms with E-state index in [-0.39, 0.29) is 5.78 Å². The lowest BCUT2D eigenvalue weighted by molar-refractivity contribution is -0.117. The van der Waals surface area contributed by atoms with Crippen molar-refractivity contribution in [2.75, 3.05) is 0 Å². The van der Waals surface area contributed by atoms with Gasteiger partial charge in [-0.2, -0.15) is 0 Å². The Morgan fingerprint density at radius 3 is 2.83 bits per heavy atom. The number of hydrogen-bond donors (Lipinski definition) is 0. The van der Waals surface area contributed by atoms with Crippen LogP contribution in [0.2, 0.25) is 5.02 Å². The van der Waals surface area contributed by atoms with E-state index in [4.69, 9.17) is 11.6 Å². The van der Waals surface area contributed by atoms with Crippen molar-refractivity contribution in [3.63, 3.8) is 0 Å². The van der Waals surface area contributed by atoms with E-state index in [0.717, 1.165) is 15.6 Å². The van der Waals surface area contributed by atoms with E-state index in [9.17, 15) is 4.79 Å². The standard InChI is InChI=1S/C9H6BrClO/c10-6-1-5-2-7(12)4-8(5)9(11)3-6/h1,3H,2,4H2. The van der Waals surface area contributed by atoms with Crippen LogP contribution < -0.4 is 0 Å². The Kier molecular flexibility index (Phi) is 1.97. The number of ketones is 1. The van der Waals surface area contributed by atoms with Gasteiger partial charge >= 0.3 is 0 Å². The highest BCUT2D eigenvalue weighted by Crippen LogP contribution is 2.30. The molecule has 1 aromatic carbocycles. The Balaban J connectivity index is 2.59. The molecule has 3 heteroatoms. The van der Waals surface area contributed by atoms with Gasteiger partial charge in [0.2, 0.25) is 0 Å². The molecule has 0 fully saturated rings. The molecule has 1 aromatic rings. The molecule has 0 saturated carbocycles. The first-order valence-electron chi connectivity index (χ1n) is 3.65. The van der Waals surface area contributed by atoms with Gasteiger partial charge in [-0.15, -0.1) is 0 Å². The van der Waals surface area contributed by atoms with Gasteiger partial charge in [-0.1, -0.05) is 27.5 Å². The quantitative estimate of drug-likeness (QED) is 0.687. The maximum Gasteiger partial charge on any atom is 0.141 e. The maximum atomic E-state index is 11.1. The zero-order valence-electron chi connectivity index (χ0n) is 6.23. The summed E-state index contributed by atoms with van der Waals surface area (Å²) in [6.45, 7) is 0. The van der Waals surface area contributed by atoms with E-state index in [0.29, 0.717) is 17.9 Å². The second-order valence-electron chi connectivity index (χ2n) is 2.92. The van der Waals surface area contributed by atoms with Gasteiger partial charge in [-0.3, -0.25) is 4.79 Å². The summed E-state index contributed by atoms with van der Waals surface area (Å²) >= 11 is 9.30. The Hall–Kier alpha value is -0.340. The zero-order chi connectivity index (χ0) is 8.72. The first-order chi connectivity index (χ1) is 5.66. The first-order valence-corrected chi connectivity index (χ1v) is 4.82. The van der Waals surface area contributed by atoms with Crippen LogP contribution in [0, 0.1) is 0 Å². The highest BCUT2D eigenvalue weighted by molar-refractivity contribution is 9.10. The van der Waals surface area contributed by atoms with Gasteiger partial charge in [0.25, 0.3) is 0 Å². The number of benzene rings is 1. The predicted molar refractivity (Wildman–Crippen MR) is 51.6 cm³/mol. The minimum Gasteiger partial charge on any atom is -0.299 e. The number of hydrogen-bond acceptors (Lipinski definition) is 1. The summed E-state index contributed by atoms with van der Waals surface area (Å²) in [5, 5.41) is 0.699. The summed E-state index contributed by atoms with van der Waals surface area (Å²) in [6.07, 6.45) is 1.04. The van der Waals surface area contributed by atoms with Crippen molar-refractivity contribution in [2.24, 2.45) is 0 Å². The van der Waals surface area contributed by atoms with Crippen molar-refractivity contribution in [3.05, 3.63) is 32.8 Å². The normalized spacial score (nSPS) is 15.0. The lowest BCUT2D eigenvalue weighted by atomic mass is 10.1. The molecular formula is C9H6BrClO. The van der Waals surface area contributed by atoms with Gasteiger partial charge in [0.1, 0.15) is 5.78 Å². The summed E-state index contributed by atoms with van der Waals surface area (Å²) in [5.41, 5.74) is 2.07. The smallest absolute Gasteiger partial charge is 0.141 e. The molecule has 0 atom stereocenters. The summed E-state index contributed by atoms with van der Waals surface area (Å²) in [6, 6.07) is 3.80. The van der Waals surface area contributed by atoms with Crippen LogP contribution >= 0.6 is 27.5 Å². The highest BCUT2D eigenvalue weighted by Gasteiger charge is 2.20. The molecule has 1 aliphatic rings. The molecule has 1 aliphatic carbocycles. The Morgan fingerprint density at radius 1 is 1.33 bits per heavy atom. The number of carbonyl (C=O) groups is 1. The molecule has 62 valence electrons. The van der Waals surface area contributed by atoms with E-state index in [2.05, 4.69) is 15.9 Å². The highest BCUT2D eigenvalue weighted by atomic mass is 79.9. The third-order valence-electron chi connectivity index (χ3n) is 2.01. The van der Waals surface area contributed by atoms with Crippen LogP contribution in [0.25, 0.3) is 0 Å². The van der Waals surface area contributed by atoms with Crippen LogP contribution in [0.1, 0.15) is 11.1 Å². The topological polar surface area (TPSA) is 17.1 Å². The number of rotatable bonds is 0. The lowest BCUT2D eigenvalue weighted by Crippen LogP contribution is -1.92. The lowest BCUT2D eigenvalue weighted by Gasteiger charge is -2.00. The first kappa shape index (κ1) is 8.27. The van der Waals surface area contributed by atoms with Gasteiger partial charge in [-0.25, -0.2) is 0 Å². The van der Waals surface area contributed by atoms with Gasteiger partial charge in [0.15, 0.2) is 0 Å². The third-order valence-corrected chi connectivity index (χ3v) is 2.81. The third kappa shape index (κ3) is 1.29. The van der Waals surface area contributed by atoms with Crippen molar-refractivity contribution in [3.8, 4) is 0 Å². The fourth-order valence-electron chi connectivity index (χ4n) is 1.48. The van der Waals surface area contributed by atoms with E-state index < -0.39 is 0 Å². The van der Waals surface area contributed by atoms with E-state index in [1.54, 1.807) is 0 Å². The summed E-state index contributed by atoms with van der Waals surface area (Å²) < 4.78 is 0.945. The predicted octanol–water partition coefficient (Wildman–Crippen LogP) is 2.77. The molecule has 0 unspecified atom stereocenters. The van der Waals surface area contributed by atoms with Crippen LogP contribution in [-0.4, -0.2) is 5.78 Å². The Morgan fingerprint density at radius 2 is 2.08 bits per heavy atom. The van der Waals surface area contributed by atoms with E-state index in [1.807, 2.05) is 12.1 Å². The molecule has 0 heterocycles. The van der Waals surface area contributed by atoms with Crippen LogP contribution in [0.3, 0.4) is 0 Å². The van der Waals surface area contributed by atoms with Gasteiger partial charge in [-0.05, 0) is 23.3 Å². The van der Waals surface area contributed by atoms with Crippen molar-refractivity contribution in [1.82, 2.24) is 0 Å². The van der Waals surface area contributed by atoms with Gasteiger partial charge < -0.3 is 0 Å². The van der Waals surface area contributed by atoms with Crippen LogP contribution in [0.15, 0.2) is 16.6 Å². The molecule has 0 amide bonds. The minimum absolute atomic E-state index is 0.255. The number of fused-ring (bicyclic) bond motifs is 1. The molecule has 0 spiro atoms. The number of carbonyl (C=O) groups excluding carboxylic acids is 1. The molecule has 0 N–H and O–H groups in total. The molecule has 2 rings (SSSR count). The van der Waals surface area contributed by atoms with Gasteiger partial charge in [0.05, 0.1) is 0 Å². The fraction of sp³-hybridized carbons (Fsp3) is 0.222. The molecule has 0 radical (unpaired) electrons. The Bertz CT molecular complexity index is 360. The van der Waals surface area contributed by atoms with Crippen LogP contribution in [0.5, 0.6) is 0 Å². The molecule has 1 nitrogen and oxygen atoms in total. The molecule has 12 heavy (non-hydrogen) atoms. The minimum atomic E-state index is 0.255. The second-order valence-corrected chi connectivity index (χ2v) is 4.24. The molecule has 0 aliphatic heterocycles. The SMILES string of the molecule is O=C1Cc2cc(Br)cc(Cl)c2C1. The maximum absolute atomic E-state index is 11.1. The van der Waals surface area contributed by atoms with Gasteiger partial charge in [0, 0.05) is 22.3 Å². The summed E-state index contributed by atoms with van der Waals surface area (Å²) in [5.74, 6) is 0.255. The van der Waals surface area contributed by atoms with Crippen LogP contribution in [-0.2, 0) is 17.6 Å². The summed E-state index contributed by atoms with van der Waals surface area (Å²) in [7, 11) is 0.